The van der Waals surface area contributed by atoms with Crippen molar-refractivity contribution in [2.75, 3.05) is 5.32 Å². The Kier molecular flexibility index (Phi) is 3.10. The van der Waals surface area contributed by atoms with Crippen LogP contribution in [0.5, 0.6) is 0 Å². The number of aryl methyl sites for hydroxylation is 2. The molecule has 0 fully saturated rings. The largest absolute Gasteiger partial charge is 0.476 e. The highest BCUT2D eigenvalue weighted by atomic mass is 32.1. The van der Waals surface area contributed by atoms with Crippen LogP contribution in [-0.4, -0.2) is 16.1 Å². The predicted molar refractivity (Wildman–Crippen MR) is 68.3 cm³/mol. The molecular formula is C12H12N2O2S. The van der Waals surface area contributed by atoms with E-state index in [1.54, 1.807) is 0 Å². The first kappa shape index (κ1) is 11.6. The van der Waals surface area contributed by atoms with E-state index in [1.807, 2.05) is 32.0 Å². The summed E-state index contributed by atoms with van der Waals surface area (Å²) in [6.45, 7) is 4.06. The molecule has 5 heteroatoms. The second-order valence-corrected chi connectivity index (χ2v) is 4.61. The van der Waals surface area contributed by atoms with Gasteiger partial charge in [0.15, 0.2) is 5.69 Å². The fourth-order valence-electron chi connectivity index (χ4n) is 1.44. The van der Waals surface area contributed by atoms with Crippen molar-refractivity contribution in [2.45, 2.75) is 13.8 Å². The van der Waals surface area contributed by atoms with Gasteiger partial charge in [0.1, 0.15) is 5.00 Å². The van der Waals surface area contributed by atoms with E-state index in [0.717, 1.165) is 11.3 Å². The molecule has 0 radical (unpaired) electrons. The van der Waals surface area contributed by atoms with Crippen molar-refractivity contribution in [1.29, 1.82) is 0 Å². The summed E-state index contributed by atoms with van der Waals surface area (Å²) in [7, 11) is 0. The average Bonchev–Trinajstić information content (AvgIpc) is 2.72. The maximum absolute atomic E-state index is 10.9. The Morgan fingerprint density at radius 2 is 2.12 bits per heavy atom. The van der Waals surface area contributed by atoms with E-state index < -0.39 is 5.97 Å². The minimum absolute atomic E-state index is 0.0632. The Hall–Kier alpha value is -1.88. The number of carbonyl (C=O) groups is 1. The van der Waals surface area contributed by atoms with Gasteiger partial charge in [-0.3, -0.25) is 0 Å². The first-order valence-electron chi connectivity index (χ1n) is 5.09. The summed E-state index contributed by atoms with van der Waals surface area (Å²) in [5.41, 5.74) is 4.83. The van der Waals surface area contributed by atoms with Gasteiger partial charge in [0.05, 0.1) is 5.51 Å². The van der Waals surface area contributed by atoms with Gasteiger partial charge in [0.2, 0.25) is 0 Å². The fourth-order valence-corrected chi connectivity index (χ4v) is 2.13. The number of nitrogens with zero attached hydrogens (tertiary/aromatic N) is 1. The van der Waals surface area contributed by atoms with Gasteiger partial charge in [-0.15, -0.1) is 11.3 Å². The highest BCUT2D eigenvalue weighted by molar-refractivity contribution is 7.14. The monoisotopic (exact) mass is 248 g/mol. The molecule has 2 rings (SSSR count). The molecule has 0 saturated heterocycles. The van der Waals surface area contributed by atoms with E-state index in [9.17, 15) is 4.79 Å². The average molecular weight is 248 g/mol. The number of rotatable bonds is 3. The van der Waals surface area contributed by atoms with E-state index in [0.29, 0.717) is 5.00 Å². The summed E-state index contributed by atoms with van der Waals surface area (Å²) in [6.07, 6.45) is 0. The van der Waals surface area contributed by atoms with E-state index >= 15 is 0 Å². The Morgan fingerprint density at radius 1 is 1.35 bits per heavy atom. The number of hydrogen-bond acceptors (Lipinski definition) is 4. The lowest BCUT2D eigenvalue weighted by Crippen LogP contribution is -2.01. The summed E-state index contributed by atoms with van der Waals surface area (Å²) >= 11 is 1.28. The van der Waals surface area contributed by atoms with Crippen LogP contribution >= 0.6 is 11.3 Å². The molecule has 0 unspecified atom stereocenters. The van der Waals surface area contributed by atoms with Crippen molar-refractivity contribution in [3.05, 3.63) is 40.5 Å². The second kappa shape index (κ2) is 4.55. The maximum Gasteiger partial charge on any atom is 0.357 e. The van der Waals surface area contributed by atoms with Gasteiger partial charge in [-0.25, -0.2) is 9.78 Å². The van der Waals surface area contributed by atoms with Crippen molar-refractivity contribution >= 4 is 28.0 Å². The minimum atomic E-state index is -1.02. The molecule has 0 atom stereocenters. The van der Waals surface area contributed by atoms with Gasteiger partial charge in [-0.2, -0.15) is 0 Å². The van der Waals surface area contributed by atoms with Crippen LogP contribution in [0.15, 0.2) is 23.7 Å². The number of nitrogens with one attached hydrogen (secondary N) is 1. The third-order valence-corrected chi connectivity index (χ3v) is 3.28. The lowest BCUT2D eigenvalue weighted by molar-refractivity contribution is 0.0692. The van der Waals surface area contributed by atoms with Crippen LogP contribution in [0.3, 0.4) is 0 Å². The Bertz CT molecular complexity index is 563. The van der Waals surface area contributed by atoms with E-state index in [-0.39, 0.29) is 5.69 Å². The Labute approximate surface area is 103 Å². The molecule has 2 aromatic rings. The topological polar surface area (TPSA) is 62.2 Å². The molecule has 0 aliphatic rings. The zero-order valence-corrected chi connectivity index (χ0v) is 10.3. The molecule has 0 aliphatic carbocycles. The normalized spacial score (nSPS) is 10.2. The number of anilines is 2. The number of carboxylic acid groups (broad SMARTS) is 1. The van der Waals surface area contributed by atoms with E-state index in [2.05, 4.69) is 10.3 Å². The molecule has 17 heavy (non-hydrogen) atoms. The lowest BCUT2D eigenvalue weighted by Gasteiger charge is -2.07. The van der Waals surface area contributed by atoms with Gasteiger partial charge >= 0.3 is 5.97 Å². The third-order valence-electron chi connectivity index (χ3n) is 2.53. The summed E-state index contributed by atoms with van der Waals surface area (Å²) in [6, 6.07) is 5.91. The summed E-state index contributed by atoms with van der Waals surface area (Å²) in [5, 5.41) is 12.6. The van der Waals surface area contributed by atoms with Crippen LogP contribution in [0, 0.1) is 13.8 Å². The number of aromatic nitrogens is 1. The quantitative estimate of drug-likeness (QED) is 0.875. The summed E-state index contributed by atoms with van der Waals surface area (Å²) in [5.74, 6) is -1.02. The Balaban J connectivity index is 2.28. The molecule has 0 spiro atoms. The number of benzene rings is 1. The van der Waals surface area contributed by atoms with Gasteiger partial charge in [-0.05, 0) is 37.1 Å². The highest BCUT2D eigenvalue weighted by Gasteiger charge is 2.13. The van der Waals surface area contributed by atoms with Crippen molar-refractivity contribution in [3.63, 3.8) is 0 Å². The molecule has 1 aromatic carbocycles. The maximum atomic E-state index is 10.9. The molecule has 0 amide bonds. The van der Waals surface area contributed by atoms with Crippen molar-refractivity contribution in [3.8, 4) is 0 Å². The minimum Gasteiger partial charge on any atom is -0.476 e. The number of carboxylic acids is 1. The SMILES string of the molecule is Cc1ccc(Nc2scnc2C(=O)O)cc1C. The summed E-state index contributed by atoms with van der Waals surface area (Å²) < 4.78 is 0. The molecule has 1 aromatic heterocycles. The molecule has 0 bridgehead atoms. The fraction of sp³-hybridized carbons (Fsp3) is 0.167. The molecule has 2 N–H and O–H groups in total. The van der Waals surface area contributed by atoms with Crippen LogP contribution in [0.25, 0.3) is 0 Å². The zero-order chi connectivity index (χ0) is 12.4. The van der Waals surface area contributed by atoms with Gasteiger partial charge < -0.3 is 10.4 Å². The second-order valence-electron chi connectivity index (χ2n) is 3.76. The van der Waals surface area contributed by atoms with E-state index in [1.165, 1.54) is 22.4 Å². The molecule has 0 aliphatic heterocycles. The molecule has 1 heterocycles. The van der Waals surface area contributed by atoms with Gasteiger partial charge in [-0.1, -0.05) is 6.07 Å². The van der Waals surface area contributed by atoms with Crippen LogP contribution in [0.2, 0.25) is 0 Å². The first-order valence-corrected chi connectivity index (χ1v) is 5.97. The summed E-state index contributed by atoms with van der Waals surface area (Å²) in [4.78, 5) is 14.7. The van der Waals surface area contributed by atoms with Crippen LogP contribution in [0.1, 0.15) is 21.6 Å². The molecular weight excluding hydrogens is 236 g/mol. The predicted octanol–water partition coefficient (Wildman–Crippen LogP) is 3.20. The molecule has 4 nitrogen and oxygen atoms in total. The lowest BCUT2D eigenvalue weighted by atomic mass is 10.1. The number of hydrogen-bond donors (Lipinski definition) is 2. The number of thiazole rings is 1. The smallest absolute Gasteiger partial charge is 0.357 e. The van der Waals surface area contributed by atoms with Crippen molar-refractivity contribution in [2.24, 2.45) is 0 Å². The third kappa shape index (κ3) is 2.45. The molecule has 88 valence electrons. The van der Waals surface area contributed by atoms with Gasteiger partial charge in [0, 0.05) is 5.69 Å². The van der Waals surface area contributed by atoms with Crippen molar-refractivity contribution in [1.82, 2.24) is 4.98 Å². The van der Waals surface area contributed by atoms with Crippen LogP contribution < -0.4 is 5.32 Å². The Morgan fingerprint density at radius 3 is 2.76 bits per heavy atom. The van der Waals surface area contributed by atoms with Crippen LogP contribution in [-0.2, 0) is 0 Å². The van der Waals surface area contributed by atoms with Gasteiger partial charge in [0.25, 0.3) is 0 Å². The van der Waals surface area contributed by atoms with Crippen molar-refractivity contribution < 1.29 is 9.90 Å². The highest BCUT2D eigenvalue weighted by Crippen LogP contribution is 2.25. The standard InChI is InChI=1S/C12H12N2O2S/c1-7-3-4-9(5-8(7)2)14-11-10(12(15)16)13-6-17-11/h3-6,14H,1-2H3,(H,15,16). The number of aromatic carboxylic acids is 1. The first-order chi connectivity index (χ1) is 8.08. The van der Waals surface area contributed by atoms with Crippen LogP contribution in [0.4, 0.5) is 10.7 Å². The van der Waals surface area contributed by atoms with E-state index in [4.69, 9.17) is 5.11 Å². The zero-order valence-electron chi connectivity index (χ0n) is 9.52. The molecule has 0 saturated carbocycles.